The fraction of sp³-hybridized carbons (Fsp3) is 0.474. The molecule has 3 heterocycles. The van der Waals surface area contributed by atoms with Crippen LogP contribution in [0.25, 0.3) is 0 Å². The van der Waals surface area contributed by atoms with Crippen LogP contribution in [0.1, 0.15) is 35.7 Å². The van der Waals surface area contributed by atoms with Crippen molar-refractivity contribution < 1.29 is 14.3 Å². The van der Waals surface area contributed by atoms with Crippen LogP contribution in [0.4, 0.5) is 11.6 Å². The standard InChI is InChI=1S/C19H23N5O3S/c1-3-24-18(23-6-8-27-9-7-23)21-22-19(24)28-11-16(25)13-4-5-15-14(10-13)12(2)17(26)20-15/h4-5,10,12H,3,6-9,11H2,1-2H3,(H,20,26)/t12-/m1/s1. The molecule has 1 aromatic carbocycles. The van der Waals surface area contributed by atoms with Crippen molar-refractivity contribution in [3.63, 3.8) is 0 Å². The van der Waals surface area contributed by atoms with Crippen molar-refractivity contribution in [1.82, 2.24) is 14.8 Å². The van der Waals surface area contributed by atoms with Gasteiger partial charge in [0.25, 0.3) is 0 Å². The molecule has 0 aliphatic carbocycles. The third-order valence-corrected chi connectivity index (χ3v) is 6.10. The van der Waals surface area contributed by atoms with E-state index in [1.54, 1.807) is 12.1 Å². The van der Waals surface area contributed by atoms with E-state index < -0.39 is 0 Å². The first kappa shape index (κ1) is 18.9. The van der Waals surface area contributed by atoms with Crippen LogP contribution >= 0.6 is 11.8 Å². The first-order chi connectivity index (χ1) is 13.6. The van der Waals surface area contributed by atoms with Crippen LogP contribution in [-0.4, -0.2) is 58.5 Å². The molecule has 1 atom stereocenters. The summed E-state index contributed by atoms with van der Waals surface area (Å²) in [7, 11) is 0. The molecule has 28 heavy (non-hydrogen) atoms. The number of carbonyl (C=O) groups is 2. The zero-order chi connectivity index (χ0) is 19.7. The van der Waals surface area contributed by atoms with Gasteiger partial charge in [-0.25, -0.2) is 0 Å². The highest BCUT2D eigenvalue weighted by Gasteiger charge is 2.27. The maximum Gasteiger partial charge on any atom is 0.231 e. The first-order valence-electron chi connectivity index (χ1n) is 9.45. The van der Waals surface area contributed by atoms with Gasteiger partial charge in [0, 0.05) is 30.9 Å². The molecular formula is C19H23N5O3S. The Morgan fingerprint density at radius 1 is 1.32 bits per heavy atom. The van der Waals surface area contributed by atoms with Crippen LogP contribution in [-0.2, 0) is 16.1 Å². The molecule has 1 amide bonds. The molecule has 1 N–H and O–H groups in total. The van der Waals surface area contributed by atoms with Crippen molar-refractivity contribution >= 4 is 35.1 Å². The summed E-state index contributed by atoms with van der Waals surface area (Å²) in [6.45, 7) is 7.59. The highest BCUT2D eigenvalue weighted by atomic mass is 32.2. The van der Waals surface area contributed by atoms with E-state index in [0.29, 0.717) is 18.8 Å². The fourth-order valence-electron chi connectivity index (χ4n) is 3.47. The summed E-state index contributed by atoms with van der Waals surface area (Å²) in [5.41, 5.74) is 2.29. The van der Waals surface area contributed by atoms with Gasteiger partial charge in [-0.2, -0.15) is 0 Å². The molecule has 2 aliphatic rings. The number of morpholine rings is 1. The summed E-state index contributed by atoms with van der Waals surface area (Å²) in [5, 5.41) is 12.2. The summed E-state index contributed by atoms with van der Waals surface area (Å²) < 4.78 is 7.44. The van der Waals surface area contributed by atoms with Gasteiger partial charge in [-0.1, -0.05) is 11.8 Å². The molecule has 0 saturated carbocycles. The topological polar surface area (TPSA) is 89.3 Å². The quantitative estimate of drug-likeness (QED) is 0.586. The lowest BCUT2D eigenvalue weighted by atomic mass is 9.99. The molecule has 8 nitrogen and oxygen atoms in total. The highest BCUT2D eigenvalue weighted by Crippen LogP contribution is 2.33. The van der Waals surface area contributed by atoms with Crippen LogP contribution < -0.4 is 10.2 Å². The molecule has 0 unspecified atom stereocenters. The Hall–Kier alpha value is -2.39. The number of nitrogens with one attached hydrogen (secondary N) is 1. The number of ketones is 1. The largest absolute Gasteiger partial charge is 0.378 e. The molecule has 0 spiro atoms. The maximum absolute atomic E-state index is 12.7. The van der Waals surface area contributed by atoms with Crippen LogP contribution in [0, 0.1) is 0 Å². The van der Waals surface area contributed by atoms with Gasteiger partial charge in [0.2, 0.25) is 11.9 Å². The molecule has 2 aliphatic heterocycles. The third kappa shape index (κ3) is 3.51. The van der Waals surface area contributed by atoms with Gasteiger partial charge in [0.05, 0.1) is 24.9 Å². The lowest BCUT2D eigenvalue weighted by Crippen LogP contribution is -2.38. The van der Waals surface area contributed by atoms with Crippen LogP contribution in [0.5, 0.6) is 0 Å². The average Bonchev–Trinajstić information content (AvgIpc) is 3.27. The normalized spacial score (nSPS) is 18.9. The molecule has 1 saturated heterocycles. The van der Waals surface area contributed by atoms with Crippen LogP contribution in [0.3, 0.4) is 0 Å². The molecular weight excluding hydrogens is 378 g/mol. The zero-order valence-corrected chi connectivity index (χ0v) is 16.8. The van der Waals surface area contributed by atoms with Gasteiger partial charge in [-0.3, -0.25) is 14.2 Å². The van der Waals surface area contributed by atoms with Gasteiger partial charge < -0.3 is 15.0 Å². The SMILES string of the molecule is CCn1c(SCC(=O)c2ccc3c(c2)[C@@H](C)C(=O)N3)nnc1N1CCOCC1. The number of fused-ring (bicyclic) bond motifs is 1. The lowest BCUT2D eigenvalue weighted by molar-refractivity contribution is -0.116. The molecule has 0 bridgehead atoms. The predicted octanol–water partition coefficient (Wildman–Crippen LogP) is 2.17. The number of amides is 1. The fourth-order valence-corrected chi connectivity index (χ4v) is 4.36. The monoisotopic (exact) mass is 401 g/mol. The Bertz CT molecular complexity index is 907. The van der Waals surface area contributed by atoms with Crippen molar-refractivity contribution in [3.8, 4) is 0 Å². The first-order valence-corrected chi connectivity index (χ1v) is 10.4. The number of thioether (sulfide) groups is 1. The van der Waals surface area contributed by atoms with Gasteiger partial charge in [0.15, 0.2) is 10.9 Å². The zero-order valence-electron chi connectivity index (χ0n) is 16.0. The minimum absolute atomic E-state index is 0.0120. The van der Waals surface area contributed by atoms with Gasteiger partial charge >= 0.3 is 0 Å². The summed E-state index contributed by atoms with van der Waals surface area (Å²) in [5.74, 6) is 0.862. The van der Waals surface area contributed by atoms with Gasteiger partial charge in [-0.05, 0) is 37.6 Å². The second-order valence-electron chi connectivity index (χ2n) is 6.85. The number of nitrogens with zero attached hydrogens (tertiary/aromatic N) is 4. The Balaban J connectivity index is 1.46. The molecule has 1 fully saturated rings. The Morgan fingerprint density at radius 2 is 2.11 bits per heavy atom. The van der Waals surface area contributed by atoms with E-state index in [4.69, 9.17) is 4.74 Å². The molecule has 9 heteroatoms. The van der Waals surface area contributed by atoms with E-state index >= 15 is 0 Å². The number of ether oxygens (including phenoxy) is 1. The van der Waals surface area contributed by atoms with Crippen LogP contribution in [0.15, 0.2) is 23.4 Å². The number of aromatic nitrogens is 3. The second-order valence-corrected chi connectivity index (χ2v) is 7.79. The average molecular weight is 401 g/mol. The summed E-state index contributed by atoms with van der Waals surface area (Å²) in [6.07, 6.45) is 0. The summed E-state index contributed by atoms with van der Waals surface area (Å²) in [6, 6.07) is 5.40. The number of anilines is 2. The van der Waals surface area contributed by atoms with E-state index in [1.807, 2.05) is 24.5 Å². The van der Waals surface area contributed by atoms with Crippen molar-refractivity contribution in [2.45, 2.75) is 31.5 Å². The number of hydrogen-bond donors (Lipinski definition) is 1. The summed E-state index contributed by atoms with van der Waals surface area (Å²) >= 11 is 1.39. The van der Waals surface area contributed by atoms with E-state index in [-0.39, 0.29) is 23.4 Å². The molecule has 148 valence electrons. The minimum atomic E-state index is -0.227. The lowest BCUT2D eigenvalue weighted by Gasteiger charge is -2.27. The van der Waals surface area contributed by atoms with E-state index in [9.17, 15) is 9.59 Å². The molecule has 1 aromatic heterocycles. The minimum Gasteiger partial charge on any atom is -0.378 e. The number of hydrogen-bond acceptors (Lipinski definition) is 7. The van der Waals surface area contributed by atoms with E-state index in [1.165, 1.54) is 11.8 Å². The second kappa shape index (κ2) is 7.92. The van der Waals surface area contributed by atoms with Crippen molar-refractivity contribution in [1.29, 1.82) is 0 Å². The van der Waals surface area contributed by atoms with Crippen molar-refractivity contribution in [3.05, 3.63) is 29.3 Å². The van der Waals surface area contributed by atoms with Crippen molar-refractivity contribution in [2.75, 3.05) is 42.3 Å². The van der Waals surface area contributed by atoms with Crippen molar-refractivity contribution in [2.24, 2.45) is 0 Å². The number of carbonyl (C=O) groups excluding carboxylic acids is 2. The van der Waals surface area contributed by atoms with Gasteiger partial charge in [-0.15, -0.1) is 10.2 Å². The number of benzene rings is 1. The Morgan fingerprint density at radius 3 is 2.86 bits per heavy atom. The molecule has 0 radical (unpaired) electrons. The van der Waals surface area contributed by atoms with Gasteiger partial charge in [0.1, 0.15) is 0 Å². The third-order valence-electron chi connectivity index (χ3n) is 5.13. The summed E-state index contributed by atoms with van der Waals surface area (Å²) in [4.78, 5) is 26.7. The smallest absolute Gasteiger partial charge is 0.231 e. The highest BCUT2D eigenvalue weighted by molar-refractivity contribution is 7.99. The van der Waals surface area contributed by atoms with E-state index in [0.717, 1.165) is 42.0 Å². The maximum atomic E-state index is 12.7. The van der Waals surface area contributed by atoms with E-state index in [2.05, 4.69) is 20.4 Å². The molecule has 4 rings (SSSR count). The Kier molecular flexibility index (Phi) is 5.36. The predicted molar refractivity (Wildman–Crippen MR) is 107 cm³/mol. The Labute approximate surface area is 167 Å². The number of Topliss-reactive ketones (excluding diaryl/α,β-unsaturated/α-hetero) is 1. The number of rotatable bonds is 6. The molecule has 2 aromatic rings. The van der Waals surface area contributed by atoms with Crippen LogP contribution in [0.2, 0.25) is 0 Å².